The van der Waals surface area contributed by atoms with Crippen LogP contribution < -0.4 is 5.73 Å². The number of likely N-dealkylation sites (N-methyl/N-ethyl adjacent to an activating group) is 1. The third-order valence-electron chi connectivity index (χ3n) is 2.78. The van der Waals surface area contributed by atoms with E-state index in [9.17, 15) is 9.18 Å². The Kier molecular flexibility index (Phi) is 6.21. The number of nitrogens with zero attached hydrogens (tertiary/aromatic N) is 1. The van der Waals surface area contributed by atoms with E-state index in [-0.39, 0.29) is 12.5 Å². The average Bonchev–Trinajstić information content (AvgIpc) is 2.39. The summed E-state index contributed by atoms with van der Waals surface area (Å²) in [5.74, 6) is -0.700. The molecule has 6 heteroatoms. The van der Waals surface area contributed by atoms with E-state index in [1.54, 1.807) is 20.2 Å². The zero-order valence-corrected chi connectivity index (χ0v) is 11.8. The van der Waals surface area contributed by atoms with E-state index in [0.29, 0.717) is 23.6 Å². The van der Waals surface area contributed by atoms with Gasteiger partial charge in [-0.2, -0.15) is 0 Å². The molecule has 4 nitrogen and oxygen atoms in total. The summed E-state index contributed by atoms with van der Waals surface area (Å²) >= 11 is 5.91. The number of amides is 1. The number of hydrogen-bond acceptors (Lipinski definition) is 3. The molecule has 106 valence electrons. The lowest BCUT2D eigenvalue weighted by molar-refractivity contribution is -0.132. The second kappa shape index (κ2) is 7.43. The second-order valence-corrected chi connectivity index (χ2v) is 4.69. The summed E-state index contributed by atoms with van der Waals surface area (Å²) in [7, 11) is 3.11. The predicted molar refractivity (Wildman–Crippen MR) is 72.4 cm³/mol. The van der Waals surface area contributed by atoms with Crippen molar-refractivity contribution in [1.82, 2.24) is 4.90 Å². The Hall–Kier alpha value is -1.17. The summed E-state index contributed by atoms with van der Waals surface area (Å²) in [6.07, 6.45) is 0.421. The van der Waals surface area contributed by atoms with Crippen LogP contribution in [0.15, 0.2) is 18.2 Å². The van der Waals surface area contributed by atoms with Crippen molar-refractivity contribution in [3.05, 3.63) is 34.6 Å². The number of halogens is 2. The van der Waals surface area contributed by atoms with Crippen molar-refractivity contribution in [1.29, 1.82) is 0 Å². The number of carbonyl (C=O) groups is 1. The Morgan fingerprint density at radius 2 is 2.26 bits per heavy atom. The highest BCUT2D eigenvalue weighted by atomic mass is 35.5. The van der Waals surface area contributed by atoms with E-state index >= 15 is 0 Å². The number of methoxy groups -OCH3 is 1. The fourth-order valence-electron chi connectivity index (χ4n) is 1.65. The van der Waals surface area contributed by atoms with Crippen molar-refractivity contribution in [2.75, 3.05) is 20.8 Å². The Morgan fingerprint density at radius 3 is 2.84 bits per heavy atom. The molecule has 0 spiro atoms. The van der Waals surface area contributed by atoms with Gasteiger partial charge in [0.25, 0.3) is 0 Å². The van der Waals surface area contributed by atoms with Gasteiger partial charge >= 0.3 is 0 Å². The molecular formula is C13H18ClFN2O2. The van der Waals surface area contributed by atoms with Crippen molar-refractivity contribution in [2.24, 2.45) is 5.73 Å². The number of carbonyl (C=O) groups excluding carboxylic acids is 1. The zero-order valence-electron chi connectivity index (χ0n) is 11.0. The average molecular weight is 289 g/mol. The van der Waals surface area contributed by atoms with Crippen LogP contribution in [0.5, 0.6) is 0 Å². The van der Waals surface area contributed by atoms with Crippen LogP contribution >= 0.6 is 11.6 Å². The van der Waals surface area contributed by atoms with Gasteiger partial charge in [-0.25, -0.2) is 4.39 Å². The first-order valence-electron chi connectivity index (χ1n) is 5.89. The minimum atomic E-state index is -0.657. The van der Waals surface area contributed by atoms with Crippen LogP contribution in [0.1, 0.15) is 12.0 Å². The molecule has 0 saturated heterocycles. The Balaban J connectivity index is 2.68. The lowest BCUT2D eigenvalue weighted by atomic mass is 10.1. The van der Waals surface area contributed by atoms with Crippen LogP contribution in [-0.2, 0) is 16.1 Å². The molecule has 1 amide bonds. The molecule has 19 heavy (non-hydrogen) atoms. The lowest BCUT2D eigenvalue weighted by Crippen LogP contribution is -2.42. The number of nitrogens with two attached hydrogens (primary N) is 1. The number of benzene rings is 1. The van der Waals surface area contributed by atoms with Gasteiger partial charge in [-0.05, 0) is 18.6 Å². The summed E-state index contributed by atoms with van der Waals surface area (Å²) in [6.45, 7) is 0.492. The topological polar surface area (TPSA) is 55.6 Å². The molecule has 0 heterocycles. The van der Waals surface area contributed by atoms with E-state index in [0.717, 1.165) is 0 Å². The fourth-order valence-corrected chi connectivity index (χ4v) is 1.87. The molecule has 1 aromatic rings. The zero-order chi connectivity index (χ0) is 14.4. The third kappa shape index (κ3) is 4.45. The van der Waals surface area contributed by atoms with Crippen LogP contribution in [0.3, 0.4) is 0 Å². The first-order chi connectivity index (χ1) is 8.97. The molecule has 1 atom stereocenters. The van der Waals surface area contributed by atoms with Gasteiger partial charge < -0.3 is 15.4 Å². The van der Waals surface area contributed by atoms with Gasteiger partial charge in [-0.1, -0.05) is 17.7 Å². The van der Waals surface area contributed by atoms with Gasteiger partial charge in [-0.15, -0.1) is 0 Å². The Bertz CT molecular complexity index is 422. The van der Waals surface area contributed by atoms with Crippen molar-refractivity contribution in [3.63, 3.8) is 0 Å². The third-order valence-corrected chi connectivity index (χ3v) is 3.14. The van der Waals surface area contributed by atoms with Gasteiger partial charge in [0, 0.05) is 37.9 Å². The second-order valence-electron chi connectivity index (χ2n) is 4.28. The van der Waals surface area contributed by atoms with Gasteiger partial charge in [0.1, 0.15) is 5.82 Å². The highest BCUT2D eigenvalue weighted by molar-refractivity contribution is 6.31. The molecule has 0 fully saturated rings. The van der Waals surface area contributed by atoms with E-state index in [2.05, 4.69) is 0 Å². The molecule has 0 bridgehead atoms. The maximum atomic E-state index is 13.6. The van der Waals surface area contributed by atoms with Crippen molar-refractivity contribution in [3.8, 4) is 0 Å². The van der Waals surface area contributed by atoms with E-state index in [1.165, 1.54) is 17.0 Å². The Labute approximate surface area is 117 Å². The smallest absolute Gasteiger partial charge is 0.239 e. The summed E-state index contributed by atoms with van der Waals surface area (Å²) in [4.78, 5) is 13.3. The molecular weight excluding hydrogens is 271 g/mol. The molecule has 0 radical (unpaired) electrons. The monoisotopic (exact) mass is 288 g/mol. The molecule has 0 aliphatic rings. The van der Waals surface area contributed by atoms with Crippen molar-refractivity contribution < 1.29 is 13.9 Å². The largest absolute Gasteiger partial charge is 0.385 e. The number of hydrogen-bond donors (Lipinski definition) is 1. The van der Waals surface area contributed by atoms with Crippen LogP contribution in [0, 0.1) is 5.82 Å². The molecule has 0 saturated carbocycles. The first kappa shape index (κ1) is 15.9. The molecule has 1 rings (SSSR count). The predicted octanol–water partition coefficient (Wildman–Crippen LogP) is 1.80. The molecule has 2 N–H and O–H groups in total. The van der Waals surface area contributed by atoms with E-state index in [4.69, 9.17) is 22.1 Å². The summed E-state index contributed by atoms with van der Waals surface area (Å²) < 4.78 is 18.5. The highest BCUT2D eigenvalue weighted by Gasteiger charge is 2.19. The maximum absolute atomic E-state index is 13.6. The van der Waals surface area contributed by atoms with E-state index in [1.807, 2.05) is 0 Å². The summed E-state index contributed by atoms with van der Waals surface area (Å²) in [5.41, 5.74) is 6.03. The van der Waals surface area contributed by atoms with Crippen molar-refractivity contribution >= 4 is 17.5 Å². The van der Waals surface area contributed by atoms with Crippen LogP contribution in [-0.4, -0.2) is 37.6 Å². The van der Waals surface area contributed by atoms with Crippen LogP contribution in [0.4, 0.5) is 4.39 Å². The quantitative estimate of drug-likeness (QED) is 0.868. The standard InChI is InChI=1S/C13H18ClFN2O2/c1-17(13(18)12(16)6-7-19-2)8-9-10(14)4-3-5-11(9)15/h3-5,12H,6-8,16H2,1-2H3. The normalized spacial score (nSPS) is 12.3. The molecule has 0 aliphatic heterocycles. The van der Waals surface area contributed by atoms with Gasteiger partial charge in [-0.3, -0.25) is 4.79 Å². The van der Waals surface area contributed by atoms with Crippen LogP contribution in [0.2, 0.25) is 5.02 Å². The van der Waals surface area contributed by atoms with Gasteiger partial charge in [0.2, 0.25) is 5.91 Å². The number of rotatable bonds is 6. The molecule has 1 aromatic carbocycles. The fraction of sp³-hybridized carbons (Fsp3) is 0.462. The van der Waals surface area contributed by atoms with Gasteiger partial charge in [0.15, 0.2) is 0 Å². The Morgan fingerprint density at radius 1 is 1.58 bits per heavy atom. The summed E-state index contributed by atoms with van der Waals surface area (Å²) in [5, 5.41) is 0.296. The maximum Gasteiger partial charge on any atom is 0.239 e. The summed E-state index contributed by atoms with van der Waals surface area (Å²) in [6, 6.07) is 3.76. The highest BCUT2D eigenvalue weighted by Crippen LogP contribution is 2.20. The van der Waals surface area contributed by atoms with Crippen LogP contribution in [0.25, 0.3) is 0 Å². The minimum absolute atomic E-state index is 0.0883. The minimum Gasteiger partial charge on any atom is -0.385 e. The molecule has 0 aliphatic carbocycles. The first-order valence-corrected chi connectivity index (χ1v) is 6.27. The lowest BCUT2D eigenvalue weighted by Gasteiger charge is -2.22. The van der Waals surface area contributed by atoms with Crippen molar-refractivity contribution in [2.45, 2.75) is 19.0 Å². The van der Waals surface area contributed by atoms with E-state index < -0.39 is 11.9 Å². The molecule has 0 aromatic heterocycles. The number of ether oxygens (including phenoxy) is 1. The molecule has 1 unspecified atom stereocenters. The SMILES string of the molecule is COCCC(N)C(=O)N(C)Cc1c(F)cccc1Cl. The van der Waals surface area contributed by atoms with Gasteiger partial charge in [0.05, 0.1) is 6.04 Å².